The van der Waals surface area contributed by atoms with Crippen LogP contribution in [0.4, 0.5) is 0 Å². The zero-order chi connectivity index (χ0) is 14.8. The highest BCUT2D eigenvalue weighted by atomic mass is 15.4. The number of likely N-dealkylation sites (tertiary alicyclic amines) is 1. The highest BCUT2D eigenvalue weighted by molar-refractivity contribution is 5.03. The second kappa shape index (κ2) is 6.38. The quantitative estimate of drug-likeness (QED) is 0.826. The molecule has 3 heterocycles. The lowest BCUT2D eigenvalue weighted by atomic mass is 10.1. The van der Waals surface area contributed by atoms with Crippen LogP contribution in [-0.2, 0) is 6.54 Å². The van der Waals surface area contributed by atoms with Gasteiger partial charge in [0.2, 0.25) is 0 Å². The lowest BCUT2D eigenvalue weighted by Crippen LogP contribution is -2.63. The lowest BCUT2D eigenvalue weighted by molar-refractivity contribution is -0.00464. The first kappa shape index (κ1) is 14.9. The second-order valence-corrected chi connectivity index (χ2v) is 6.61. The zero-order valence-electron chi connectivity index (χ0n) is 13.5. The molecule has 2 aliphatic heterocycles. The molecule has 1 aromatic heterocycles. The third-order valence-electron chi connectivity index (χ3n) is 4.75. The number of hydrogen-bond acceptors (Lipinski definition) is 5. The fourth-order valence-corrected chi connectivity index (χ4v) is 3.34. The van der Waals surface area contributed by atoms with E-state index in [2.05, 4.69) is 38.5 Å². The smallest absolute Gasteiger partial charge is 0.125 e. The van der Waals surface area contributed by atoms with E-state index in [0.29, 0.717) is 6.04 Å². The fourth-order valence-electron chi connectivity index (χ4n) is 3.34. The van der Waals surface area contributed by atoms with E-state index in [1.54, 1.807) is 0 Å². The Morgan fingerprint density at radius 1 is 1.19 bits per heavy atom. The molecule has 0 saturated carbocycles. The van der Waals surface area contributed by atoms with Crippen LogP contribution in [0.3, 0.4) is 0 Å². The summed E-state index contributed by atoms with van der Waals surface area (Å²) in [5.41, 5.74) is 1.14. The van der Waals surface area contributed by atoms with Crippen LogP contribution in [0, 0.1) is 6.92 Å². The van der Waals surface area contributed by atoms with Gasteiger partial charge in [-0.1, -0.05) is 0 Å². The van der Waals surface area contributed by atoms with Gasteiger partial charge in [-0.05, 0) is 26.8 Å². The summed E-state index contributed by atoms with van der Waals surface area (Å²) in [6.45, 7) is 14.8. The predicted molar refractivity (Wildman–Crippen MR) is 84.1 cm³/mol. The van der Waals surface area contributed by atoms with Crippen LogP contribution < -0.4 is 0 Å². The van der Waals surface area contributed by atoms with Crippen LogP contribution >= 0.6 is 0 Å². The van der Waals surface area contributed by atoms with Gasteiger partial charge in [0, 0.05) is 64.1 Å². The van der Waals surface area contributed by atoms with Crippen LogP contribution in [0.5, 0.6) is 0 Å². The molecule has 0 aromatic carbocycles. The summed E-state index contributed by atoms with van der Waals surface area (Å²) in [5.74, 6) is 0.870. The molecule has 5 nitrogen and oxygen atoms in total. The van der Waals surface area contributed by atoms with Gasteiger partial charge < -0.3 is 0 Å². The Morgan fingerprint density at radius 2 is 1.90 bits per heavy atom. The van der Waals surface area contributed by atoms with Gasteiger partial charge in [0.05, 0.1) is 5.69 Å². The molecule has 116 valence electrons. The normalized spacial score (nSPS) is 22.7. The van der Waals surface area contributed by atoms with E-state index in [1.807, 2.05) is 19.2 Å². The minimum absolute atomic E-state index is 0.686. The van der Waals surface area contributed by atoms with Crippen LogP contribution in [0.2, 0.25) is 0 Å². The number of aryl methyl sites for hydroxylation is 1. The summed E-state index contributed by atoms with van der Waals surface area (Å²) in [5, 5.41) is 0. The molecule has 1 aromatic rings. The van der Waals surface area contributed by atoms with Gasteiger partial charge in [-0.2, -0.15) is 0 Å². The molecule has 2 fully saturated rings. The maximum atomic E-state index is 4.49. The molecule has 0 atom stereocenters. The highest BCUT2D eigenvalue weighted by Crippen LogP contribution is 2.19. The zero-order valence-corrected chi connectivity index (χ0v) is 13.5. The van der Waals surface area contributed by atoms with Crippen molar-refractivity contribution in [2.75, 3.05) is 39.3 Å². The maximum Gasteiger partial charge on any atom is 0.125 e. The standard InChI is InChI=1S/C16H27N5/c1-13(2)20-6-8-21(9-7-20)16-11-19(12-16)10-15-4-5-17-14(3)18-15/h4-5,13,16H,6-12H2,1-3H3. The topological polar surface area (TPSA) is 35.5 Å². The molecule has 2 saturated heterocycles. The molecule has 3 rings (SSSR count). The number of aromatic nitrogens is 2. The molecule has 21 heavy (non-hydrogen) atoms. The van der Waals surface area contributed by atoms with E-state index in [4.69, 9.17) is 0 Å². The number of nitrogens with zero attached hydrogens (tertiary/aromatic N) is 5. The van der Waals surface area contributed by atoms with Crippen molar-refractivity contribution in [2.45, 2.75) is 39.4 Å². The van der Waals surface area contributed by atoms with E-state index in [-0.39, 0.29) is 0 Å². The molecule has 0 amide bonds. The van der Waals surface area contributed by atoms with Crippen molar-refractivity contribution < 1.29 is 0 Å². The Kier molecular flexibility index (Phi) is 4.52. The fraction of sp³-hybridized carbons (Fsp3) is 0.750. The summed E-state index contributed by atoms with van der Waals surface area (Å²) in [4.78, 5) is 16.4. The summed E-state index contributed by atoms with van der Waals surface area (Å²) >= 11 is 0. The van der Waals surface area contributed by atoms with Gasteiger partial charge >= 0.3 is 0 Å². The van der Waals surface area contributed by atoms with Crippen molar-refractivity contribution in [3.63, 3.8) is 0 Å². The van der Waals surface area contributed by atoms with Crippen molar-refractivity contribution in [1.82, 2.24) is 24.7 Å². The first-order chi connectivity index (χ1) is 10.1. The van der Waals surface area contributed by atoms with Crippen molar-refractivity contribution in [3.05, 3.63) is 23.8 Å². The van der Waals surface area contributed by atoms with E-state index in [1.165, 1.54) is 39.3 Å². The van der Waals surface area contributed by atoms with E-state index >= 15 is 0 Å². The number of rotatable bonds is 4. The minimum Gasteiger partial charge on any atom is -0.298 e. The van der Waals surface area contributed by atoms with E-state index < -0.39 is 0 Å². The Morgan fingerprint density at radius 3 is 2.52 bits per heavy atom. The van der Waals surface area contributed by atoms with E-state index in [0.717, 1.165) is 24.1 Å². The van der Waals surface area contributed by atoms with Gasteiger partial charge in [0.15, 0.2) is 0 Å². The SMILES string of the molecule is Cc1nccc(CN2CC(N3CCN(C(C)C)CC3)C2)n1. The van der Waals surface area contributed by atoms with Crippen molar-refractivity contribution in [1.29, 1.82) is 0 Å². The molecule has 0 spiro atoms. The monoisotopic (exact) mass is 289 g/mol. The first-order valence-electron chi connectivity index (χ1n) is 8.11. The molecule has 0 unspecified atom stereocenters. The van der Waals surface area contributed by atoms with Gasteiger partial charge in [-0.3, -0.25) is 14.7 Å². The second-order valence-electron chi connectivity index (χ2n) is 6.61. The van der Waals surface area contributed by atoms with Gasteiger partial charge in [0.25, 0.3) is 0 Å². The van der Waals surface area contributed by atoms with Crippen LogP contribution in [0.1, 0.15) is 25.4 Å². The van der Waals surface area contributed by atoms with Crippen LogP contribution in [0.25, 0.3) is 0 Å². The van der Waals surface area contributed by atoms with Crippen molar-refractivity contribution in [3.8, 4) is 0 Å². The largest absolute Gasteiger partial charge is 0.298 e. The van der Waals surface area contributed by atoms with Crippen LogP contribution in [0.15, 0.2) is 12.3 Å². The molecule has 0 aliphatic carbocycles. The maximum absolute atomic E-state index is 4.49. The third-order valence-corrected chi connectivity index (χ3v) is 4.75. The summed E-state index contributed by atoms with van der Waals surface area (Å²) in [6, 6.07) is 3.47. The molecule has 2 aliphatic rings. The molecular formula is C16H27N5. The van der Waals surface area contributed by atoms with Gasteiger partial charge in [-0.25, -0.2) is 9.97 Å². The Labute approximate surface area is 128 Å². The molecule has 5 heteroatoms. The molecule has 0 radical (unpaired) electrons. The number of hydrogen-bond donors (Lipinski definition) is 0. The summed E-state index contributed by atoms with van der Waals surface area (Å²) < 4.78 is 0. The summed E-state index contributed by atoms with van der Waals surface area (Å²) in [7, 11) is 0. The lowest BCUT2D eigenvalue weighted by Gasteiger charge is -2.48. The molecule has 0 bridgehead atoms. The van der Waals surface area contributed by atoms with Gasteiger partial charge in [0.1, 0.15) is 5.82 Å². The molecule has 0 N–H and O–H groups in total. The Bertz CT molecular complexity index is 461. The average molecular weight is 289 g/mol. The molecular weight excluding hydrogens is 262 g/mol. The minimum atomic E-state index is 0.686. The Hall–Kier alpha value is -1.04. The Balaban J connectivity index is 1.42. The van der Waals surface area contributed by atoms with Crippen molar-refractivity contribution in [2.24, 2.45) is 0 Å². The summed E-state index contributed by atoms with van der Waals surface area (Å²) in [6.07, 6.45) is 1.86. The number of piperazine rings is 1. The van der Waals surface area contributed by atoms with Crippen LogP contribution in [-0.4, -0.2) is 76.0 Å². The first-order valence-corrected chi connectivity index (χ1v) is 8.11. The highest BCUT2D eigenvalue weighted by Gasteiger charge is 2.33. The average Bonchev–Trinajstić information content (AvgIpc) is 2.42. The predicted octanol–water partition coefficient (Wildman–Crippen LogP) is 0.995. The third kappa shape index (κ3) is 3.59. The van der Waals surface area contributed by atoms with Crippen molar-refractivity contribution >= 4 is 0 Å². The van der Waals surface area contributed by atoms with Gasteiger partial charge in [-0.15, -0.1) is 0 Å². The van der Waals surface area contributed by atoms with E-state index in [9.17, 15) is 0 Å².